The van der Waals surface area contributed by atoms with Crippen molar-refractivity contribution in [2.45, 2.75) is 62.6 Å². The summed E-state index contributed by atoms with van der Waals surface area (Å²) in [5, 5.41) is 14.5. The fourth-order valence-corrected chi connectivity index (χ4v) is 6.02. The molecule has 4 heterocycles. The molecule has 38 heavy (non-hydrogen) atoms. The maximum absolute atomic E-state index is 14.9. The van der Waals surface area contributed by atoms with Crippen LogP contribution in [0.15, 0.2) is 18.2 Å². The number of rotatable bonds is 6. The first-order chi connectivity index (χ1) is 18.0. The van der Waals surface area contributed by atoms with E-state index in [0.717, 1.165) is 17.0 Å². The van der Waals surface area contributed by atoms with E-state index in [1.807, 2.05) is 6.07 Å². The van der Waals surface area contributed by atoms with Crippen LogP contribution in [-0.4, -0.2) is 58.2 Å². The molecule has 1 aliphatic carbocycles. The van der Waals surface area contributed by atoms with Gasteiger partial charge in [-0.1, -0.05) is 0 Å². The maximum atomic E-state index is 14.9. The molecular formula is C25H24F5N5O3. The molecule has 5 atom stereocenters. The van der Waals surface area contributed by atoms with Crippen molar-refractivity contribution >= 4 is 28.6 Å². The number of nitriles is 1. The number of piperidine rings is 2. The van der Waals surface area contributed by atoms with E-state index in [2.05, 4.69) is 15.6 Å². The highest BCUT2D eigenvalue weighted by Gasteiger charge is 2.60. The maximum Gasteiger partial charge on any atom is 0.271 e. The van der Waals surface area contributed by atoms with Crippen LogP contribution in [0.1, 0.15) is 54.6 Å². The predicted molar refractivity (Wildman–Crippen MR) is 123 cm³/mol. The minimum atomic E-state index is -3.25. The molecule has 3 saturated heterocycles. The number of amides is 3. The molecule has 1 saturated carbocycles. The van der Waals surface area contributed by atoms with Crippen LogP contribution in [0.5, 0.6) is 0 Å². The van der Waals surface area contributed by atoms with E-state index in [0.29, 0.717) is 19.0 Å². The Morgan fingerprint density at radius 3 is 2.61 bits per heavy atom. The molecule has 0 spiro atoms. The fourth-order valence-electron chi connectivity index (χ4n) is 6.02. The van der Waals surface area contributed by atoms with Crippen LogP contribution in [0, 0.1) is 29.0 Å². The molecule has 6 rings (SSSR count). The van der Waals surface area contributed by atoms with Crippen LogP contribution in [0.25, 0.3) is 10.9 Å². The van der Waals surface area contributed by atoms with Crippen molar-refractivity contribution in [3.63, 3.8) is 0 Å². The second-order valence-electron chi connectivity index (χ2n) is 10.1. The van der Waals surface area contributed by atoms with Gasteiger partial charge in [-0.25, -0.2) is 22.0 Å². The third kappa shape index (κ3) is 4.46. The smallest absolute Gasteiger partial charge is 0.271 e. The number of halogens is 5. The topological polar surface area (TPSA) is 118 Å². The summed E-state index contributed by atoms with van der Waals surface area (Å²) in [5.74, 6) is -8.31. The Labute approximate surface area is 213 Å². The van der Waals surface area contributed by atoms with Crippen LogP contribution < -0.4 is 10.6 Å². The molecule has 0 unspecified atom stereocenters. The molecule has 202 valence electrons. The Kier molecular flexibility index (Phi) is 6.53. The van der Waals surface area contributed by atoms with Gasteiger partial charge in [0.05, 0.1) is 12.0 Å². The quantitative estimate of drug-likeness (QED) is 0.490. The van der Waals surface area contributed by atoms with Crippen molar-refractivity contribution in [2.24, 2.45) is 11.8 Å². The molecule has 0 radical (unpaired) electrons. The summed E-state index contributed by atoms with van der Waals surface area (Å²) in [5.41, 5.74) is -0.957. The number of aromatic amines is 1. The van der Waals surface area contributed by atoms with Crippen molar-refractivity contribution in [1.29, 1.82) is 5.26 Å². The Hall–Kier alpha value is -3.69. The van der Waals surface area contributed by atoms with Crippen LogP contribution in [0.4, 0.5) is 22.0 Å². The Morgan fingerprint density at radius 2 is 1.97 bits per heavy atom. The van der Waals surface area contributed by atoms with Gasteiger partial charge in [-0.3, -0.25) is 14.4 Å². The number of nitrogens with zero attached hydrogens (tertiary/aromatic N) is 2. The average Bonchev–Trinajstić information content (AvgIpc) is 3.47. The van der Waals surface area contributed by atoms with Crippen molar-refractivity contribution < 1.29 is 36.3 Å². The lowest BCUT2D eigenvalue weighted by molar-refractivity contribution is -0.179. The van der Waals surface area contributed by atoms with Crippen LogP contribution in [0.2, 0.25) is 0 Å². The fraction of sp³-hybridized carbons (Fsp3) is 0.520. The van der Waals surface area contributed by atoms with Gasteiger partial charge in [0.15, 0.2) is 0 Å². The van der Waals surface area contributed by atoms with Crippen LogP contribution in [0.3, 0.4) is 0 Å². The molecule has 4 fully saturated rings. The summed E-state index contributed by atoms with van der Waals surface area (Å²) >= 11 is 0. The van der Waals surface area contributed by atoms with Crippen molar-refractivity contribution in [3.8, 4) is 6.07 Å². The van der Waals surface area contributed by atoms with E-state index < -0.39 is 71.9 Å². The van der Waals surface area contributed by atoms with Gasteiger partial charge in [-0.2, -0.15) is 5.26 Å². The monoisotopic (exact) mass is 537 g/mol. The standard InChI is InChI=1S/C25H24F5N5O3/c26-12-6-16(21(27)28)15-8-19(34-18(15)7-12)24(38)35-14-1-2-17(25(29,30)9-14)20(35)23(37)33-13(10-31)5-11-3-4-32-22(11)36/h6-8,11,13-14,17,20-21,34H,1-5,9H2,(H,32,36)(H,33,37)/t11-,13+,14+,17+,20-/m0/s1. The SMILES string of the molecule is N#C[C@@H](C[C@@H]1CCNC1=O)NC(=O)[C@@H]1[C@H]2CC[C@H](CC2(F)F)N1C(=O)c1cc2c(C(F)F)cc(F)cc2[nH]1. The van der Waals surface area contributed by atoms with Crippen molar-refractivity contribution in [2.75, 3.05) is 6.54 Å². The molecule has 3 aliphatic heterocycles. The van der Waals surface area contributed by atoms with Gasteiger partial charge in [0.2, 0.25) is 11.8 Å². The zero-order valence-electron chi connectivity index (χ0n) is 19.9. The average molecular weight is 537 g/mol. The number of hydrogen-bond acceptors (Lipinski definition) is 4. The van der Waals surface area contributed by atoms with Gasteiger partial charge >= 0.3 is 0 Å². The largest absolute Gasteiger partial charge is 0.356 e. The lowest BCUT2D eigenvalue weighted by Crippen LogP contribution is -2.68. The highest BCUT2D eigenvalue weighted by Crippen LogP contribution is 2.49. The van der Waals surface area contributed by atoms with Gasteiger partial charge in [-0.05, 0) is 43.9 Å². The molecule has 1 aromatic carbocycles. The van der Waals surface area contributed by atoms with Gasteiger partial charge in [0.1, 0.15) is 23.6 Å². The molecule has 2 aromatic rings. The molecule has 13 heteroatoms. The van der Waals surface area contributed by atoms with E-state index in [-0.39, 0.29) is 41.8 Å². The summed E-state index contributed by atoms with van der Waals surface area (Å²) in [6.07, 6.45) is -3.07. The number of aromatic nitrogens is 1. The minimum absolute atomic E-state index is 0.0107. The van der Waals surface area contributed by atoms with Crippen LogP contribution in [-0.2, 0) is 9.59 Å². The molecular weight excluding hydrogens is 513 g/mol. The Bertz CT molecular complexity index is 1340. The van der Waals surface area contributed by atoms with Crippen molar-refractivity contribution in [3.05, 3.63) is 35.3 Å². The molecule has 3 N–H and O–H groups in total. The first-order valence-electron chi connectivity index (χ1n) is 12.3. The number of carbonyl (C=O) groups is 3. The summed E-state index contributed by atoms with van der Waals surface area (Å²) in [7, 11) is 0. The van der Waals surface area contributed by atoms with Gasteiger partial charge < -0.3 is 20.5 Å². The van der Waals surface area contributed by atoms with Gasteiger partial charge in [0.25, 0.3) is 18.3 Å². The first-order valence-corrected chi connectivity index (χ1v) is 12.3. The zero-order chi connectivity index (χ0) is 27.4. The number of fused-ring (bicyclic) bond motifs is 4. The lowest BCUT2D eigenvalue weighted by atomic mass is 9.71. The highest BCUT2D eigenvalue weighted by molar-refractivity contribution is 6.01. The molecule has 2 bridgehead atoms. The first kappa shape index (κ1) is 25.9. The molecule has 1 aromatic heterocycles. The van der Waals surface area contributed by atoms with Gasteiger partial charge in [0, 0.05) is 41.4 Å². The zero-order valence-corrected chi connectivity index (χ0v) is 19.9. The third-order valence-electron chi connectivity index (χ3n) is 7.79. The number of alkyl halides is 4. The van der Waals surface area contributed by atoms with E-state index in [4.69, 9.17) is 0 Å². The molecule has 3 amide bonds. The highest BCUT2D eigenvalue weighted by atomic mass is 19.3. The van der Waals surface area contributed by atoms with Crippen molar-refractivity contribution in [1.82, 2.24) is 20.5 Å². The summed E-state index contributed by atoms with van der Waals surface area (Å²) in [6, 6.07) is 0.789. The van der Waals surface area contributed by atoms with E-state index in [1.54, 1.807) is 0 Å². The second-order valence-corrected chi connectivity index (χ2v) is 10.1. The Morgan fingerprint density at radius 1 is 1.21 bits per heavy atom. The van der Waals surface area contributed by atoms with Gasteiger partial charge in [-0.15, -0.1) is 0 Å². The summed E-state index contributed by atoms with van der Waals surface area (Å²) in [4.78, 5) is 42.5. The van der Waals surface area contributed by atoms with Crippen LogP contribution >= 0.6 is 0 Å². The molecule has 4 aliphatic rings. The van der Waals surface area contributed by atoms with E-state index >= 15 is 0 Å². The lowest BCUT2D eigenvalue weighted by Gasteiger charge is -2.53. The predicted octanol–water partition coefficient (Wildman–Crippen LogP) is 3.41. The number of benzene rings is 1. The van der Waals surface area contributed by atoms with E-state index in [1.165, 1.54) is 0 Å². The van der Waals surface area contributed by atoms with E-state index in [9.17, 15) is 41.6 Å². The third-order valence-corrected chi connectivity index (χ3v) is 7.79. The summed E-state index contributed by atoms with van der Waals surface area (Å²) in [6.45, 7) is 0.429. The number of carbonyl (C=O) groups excluding carboxylic acids is 3. The Balaban J connectivity index is 1.46. The second kappa shape index (κ2) is 9.56. The number of hydrogen-bond donors (Lipinski definition) is 3. The number of nitrogens with one attached hydrogen (secondary N) is 3. The normalized spacial score (nSPS) is 26.9. The summed E-state index contributed by atoms with van der Waals surface area (Å²) < 4.78 is 70.7. The number of H-pyrrole nitrogens is 1. The molecule has 8 nitrogen and oxygen atoms in total. The minimum Gasteiger partial charge on any atom is -0.356 e.